The van der Waals surface area contributed by atoms with E-state index in [9.17, 15) is 9.18 Å². The van der Waals surface area contributed by atoms with Crippen LogP contribution in [0.3, 0.4) is 0 Å². The normalized spacial score (nSPS) is 16.0. The molecule has 3 aromatic rings. The smallest absolute Gasteiger partial charge is 0.212 e. The highest BCUT2D eigenvalue weighted by Crippen LogP contribution is 2.31. The van der Waals surface area contributed by atoms with Gasteiger partial charge in [-0.3, -0.25) is 9.69 Å². The van der Waals surface area contributed by atoms with Crippen molar-refractivity contribution in [3.8, 4) is 0 Å². The third-order valence-corrected chi connectivity index (χ3v) is 4.55. The monoisotopic (exact) mass is 385 g/mol. The molecule has 3 aromatic heterocycles. The number of carbonyl (C=O) groups excluding carboxylic acids is 1. The van der Waals surface area contributed by atoms with Gasteiger partial charge in [-0.1, -0.05) is 13.8 Å². The molecule has 0 aliphatic carbocycles. The Morgan fingerprint density at radius 1 is 1.25 bits per heavy atom. The molecule has 2 N–H and O–H groups in total. The molecule has 4 heterocycles. The van der Waals surface area contributed by atoms with E-state index >= 15 is 0 Å². The summed E-state index contributed by atoms with van der Waals surface area (Å²) in [6.07, 6.45) is 6.26. The maximum absolute atomic E-state index is 12.0. The van der Waals surface area contributed by atoms with Crippen LogP contribution in [0.5, 0.6) is 0 Å². The van der Waals surface area contributed by atoms with Gasteiger partial charge in [-0.25, -0.2) is 9.97 Å². The topological polar surface area (TPSA) is 73.9 Å². The number of rotatable bonds is 3. The number of aldehydes is 1. The molecule has 150 valence electrons. The predicted octanol–water partition coefficient (Wildman–Crippen LogP) is 4.43. The maximum atomic E-state index is 12.0. The Balaban J connectivity index is 0.000000216. The van der Waals surface area contributed by atoms with Gasteiger partial charge >= 0.3 is 0 Å². The summed E-state index contributed by atoms with van der Waals surface area (Å²) in [4.78, 5) is 23.5. The number of pyridine rings is 2. The van der Waals surface area contributed by atoms with Crippen LogP contribution in [0.1, 0.15) is 48.8 Å². The molecule has 6 nitrogen and oxygen atoms in total. The SMILES string of the molecule is CC.CNc1cc2[nH]c(C3CCCN3C)cc2cn1.O=Cc1ccc(F)nc1. The summed E-state index contributed by atoms with van der Waals surface area (Å²) in [6, 6.07) is 7.35. The van der Waals surface area contributed by atoms with Gasteiger partial charge < -0.3 is 10.3 Å². The second-order valence-corrected chi connectivity index (χ2v) is 6.30. The molecule has 7 heteroatoms. The number of H-pyrrole nitrogens is 1. The molecule has 0 bridgehead atoms. The Hall–Kier alpha value is -2.80. The summed E-state index contributed by atoms with van der Waals surface area (Å²) >= 11 is 0. The first-order valence-electron chi connectivity index (χ1n) is 9.54. The van der Waals surface area contributed by atoms with E-state index in [0.29, 0.717) is 17.9 Å². The van der Waals surface area contributed by atoms with Crippen molar-refractivity contribution in [3.63, 3.8) is 0 Å². The van der Waals surface area contributed by atoms with E-state index in [-0.39, 0.29) is 0 Å². The van der Waals surface area contributed by atoms with E-state index in [1.807, 2.05) is 27.1 Å². The number of fused-ring (bicyclic) bond motifs is 1. The average molecular weight is 385 g/mol. The molecule has 1 aliphatic rings. The van der Waals surface area contributed by atoms with Crippen LogP contribution in [0.4, 0.5) is 10.2 Å². The quantitative estimate of drug-likeness (QED) is 0.515. The fourth-order valence-electron chi connectivity index (χ4n) is 3.12. The van der Waals surface area contributed by atoms with Crippen molar-refractivity contribution in [2.75, 3.05) is 26.0 Å². The van der Waals surface area contributed by atoms with Crippen LogP contribution in [-0.2, 0) is 0 Å². The standard InChI is InChI=1S/C13H18N4.C6H4FNO.C2H6/c1-14-13-7-10-9(8-15-13)6-11(16-10)12-4-3-5-17(12)2;7-6-2-1-5(4-9)3-8-6;1-2/h6-8,12,16H,3-5H2,1-2H3,(H,14,15);1-4H;1-2H3. The van der Waals surface area contributed by atoms with Gasteiger partial charge in [-0.2, -0.15) is 4.39 Å². The van der Waals surface area contributed by atoms with E-state index in [4.69, 9.17) is 0 Å². The van der Waals surface area contributed by atoms with Crippen LogP contribution in [-0.4, -0.2) is 46.8 Å². The number of carbonyl (C=O) groups is 1. The molecule has 0 radical (unpaired) electrons. The summed E-state index contributed by atoms with van der Waals surface area (Å²) in [7, 11) is 4.09. The molecule has 1 aliphatic heterocycles. The summed E-state index contributed by atoms with van der Waals surface area (Å²) in [5, 5.41) is 4.26. The summed E-state index contributed by atoms with van der Waals surface area (Å²) in [6.45, 7) is 5.19. The molecule has 1 saturated heterocycles. The molecule has 0 spiro atoms. The highest BCUT2D eigenvalue weighted by atomic mass is 19.1. The number of likely N-dealkylation sites (tertiary alicyclic amines) is 1. The highest BCUT2D eigenvalue weighted by molar-refractivity contribution is 5.82. The molecule has 1 atom stereocenters. The maximum Gasteiger partial charge on any atom is 0.212 e. The molecule has 0 saturated carbocycles. The first kappa shape index (κ1) is 21.5. The van der Waals surface area contributed by atoms with Crippen molar-refractivity contribution in [3.05, 3.63) is 53.9 Å². The minimum absolute atomic E-state index is 0.386. The Labute approximate surface area is 165 Å². The van der Waals surface area contributed by atoms with Crippen molar-refractivity contribution in [1.29, 1.82) is 0 Å². The zero-order chi connectivity index (χ0) is 20.5. The van der Waals surface area contributed by atoms with Gasteiger partial charge in [0.25, 0.3) is 0 Å². The molecular weight excluding hydrogens is 357 g/mol. The van der Waals surface area contributed by atoms with Gasteiger partial charge in [0.15, 0.2) is 6.29 Å². The van der Waals surface area contributed by atoms with Crippen molar-refractivity contribution >= 4 is 23.0 Å². The van der Waals surface area contributed by atoms with Crippen LogP contribution in [0.2, 0.25) is 0 Å². The lowest BCUT2D eigenvalue weighted by molar-refractivity contribution is 0.112. The minimum Gasteiger partial charge on any atom is -0.373 e. The Kier molecular flexibility index (Phi) is 8.07. The fraction of sp³-hybridized carbons (Fsp3) is 0.381. The van der Waals surface area contributed by atoms with Crippen molar-refractivity contribution < 1.29 is 9.18 Å². The van der Waals surface area contributed by atoms with Crippen LogP contribution in [0.15, 0.2) is 36.7 Å². The number of aromatic amines is 1. The summed E-state index contributed by atoms with van der Waals surface area (Å²) < 4.78 is 12.0. The number of anilines is 1. The van der Waals surface area contributed by atoms with Gasteiger partial charge in [0.2, 0.25) is 5.95 Å². The van der Waals surface area contributed by atoms with Crippen LogP contribution >= 0.6 is 0 Å². The lowest BCUT2D eigenvalue weighted by Gasteiger charge is -2.17. The van der Waals surface area contributed by atoms with E-state index in [1.54, 1.807) is 0 Å². The van der Waals surface area contributed by atoms with E-state index in [1.165, 1.54) is 48.2 Å². The van der Waals surface area contributed by atoms with Gasteiger partial charge in [-0.15, -0.1) is 0 Å². The second kappa shape index (κ2) is 10.5. The highest BCUT2D eigenvalue weighted by Gasteiger charge is 2.23. The molecular formula is C21H28FN5O. The van der Waals surface area contributed by atoms with Crippen LogP contribution in [0.25, 0.3) is 10.9 Å². The second-order valence-electron chi connectivity index (χ2n) is 6.30. The Morgan fingerprint density at radius 3 is 2.61 bits per heavy atom. The van der Waals surface area contributed by atoms with Gasteiger partial charge in [0.1, 0.15) is 5.82 Å². The number of aromatic nitrogens is 3. The summed E-state index contributed by atoms with van der Waals surface area (Å²) in [5.41, 5.74) is 2.87. The van der Waals surface area contributed by atoms with E-state index in [0.717, 1.165) is 11.9 Å². The molecule has 28 heavy (non-hydrogen) atoms. The predicted molar refractivity (Wildman–Crippen MR) is 111 cm³/mol. The third-order valence-electron chi connectivity index (χ3n) is 4.55. The Morgan fingerprint density at radius 2 is 2.04 bits per heavy atom. The molecule has 0 amide bonds. The zero-order valence-electron chi connectivity index (χ0n) is 16.9. The van der Waals surface area contributed by atoms with Gasteiger partial charge in [0, 0.05) is 48.2 Å². The van der Waals surface area contributed by atoms with Crippen LogP contribution < -0.4 is 5.32 Å². The first-order chi connectivity index (χ1) is 13.6. The Bertz CT molecular complexity index is 878. The molecule has 4 rings (SSSR count). The fourth-order valence-corrected chi connectivity index (χ4v) is 3.12. The number of hydrogen-bond donors (Lipinski definition) is 2. The largest absolute Gasteiger partial charge is 0.373 e. The van der Waals surface area contributed by atoms with Crippen molar-refractivity contribution in [1.82, 2.24) is 19.9 Å². The van der Waals surface area contributed by atoms with E-state index < -0.39 is 5.95 Å². The first-order valence-corrected chi connectivity index (χ1v) is 9.54. The third kappa shape index (κ3) is 5.36. The van der Waals surface area contributed by atoms with Crippen molar-refractivity contribution in [2.24, 2.45) is 0 Å². The van der Waals surface area contributed by atoms with Gasteiger partial charge in [0.05, 0.1) is 5.52 Å². The number of nitrogens with zero attached hydrogens (tertiary/aromatic N) is 3. The van der Waals surface area contributed by atoms with Gasteiger partial charge in [-0.05, 0) is 44.6 Å². The molecule has 1 fully saturated rings. The average Bonchev–Trinajstić information content (AvgIpc) is 3.35. The van der Waals surface area contributed by atoms with E-state index in [2.05, 4.69) is 44.3 Å². The zero-order valence-corrected chi connectivity index (χ0v) is 16.9. The van der Waals surface area contributed by atoms with Crippen molar-refractivity contribution in [2.45, 2.75) is 32.7 Å². The summed E-state index contributed by atoms with van der Waals surface area (Å²) in [5.74, 6) is 0.339. The number of nitrogens with one attached hydrogen (secondary N) is 2. The molecule has 0 aromatic carbocycles. The minimum atomic E-state index is -0.569. The van der Waals surface area contributed by atoms with Crippen LogP contribution in [0, 0.1) is 5.95 Å². The molecule has 1 unspecified atom stereocenters. The lowest BCUT2D eigenvalue weighted by atomic mass is 10.1. The lowest BCUT2D eigenvalue weighted by Crippen LogP contribution is -2.17. The number of halogens is 1. The number of hydrogen-bond acceptors (Lipinski definition) is 5.